The molecule has 0 aliphatic heterocycles. The predicted octanol–water partition coefficient (Wildman–Crippen LogP) is 5.97. The van der Waals surface area contributed by atoms with Gasteiger partial charge in [0.2, 0.25) is 0 Å². The third-order valence-electron chi connectivity index (χ3n) is 4.43. The van der Waals surface area contributed by atoms with Crippen LogP contribution in [0, 0.1) is 0 Å². The van der Waals surface area contributed by atoms with Crippen LogP contribution in [0.5, 0.6) is 0 Å². The number of nitrogens with one attached hydrogen (secondary N) is 2. The highest BCUT2D eigenvalue weighted by Crippen LogP contribution is 2.36. The lowest BCUT2D eigenvalue weighted by Gasteiger charge is -2.14. The number of rotatable bonds is 5. The van der Waals surface area contributed by atoms with Crippen molar-refractivity contribution in [2.45, 2.75) is 13.0 Å². The van der Waals surface area contributed by atoms with Crippen LogP contribution < -0.4 is 10.6 Å². The molecule has 29 heavy (non-hydrogen) atoms. The number of hydrogen-bond acceptors (Lipinski definition) is 4. The van der Waals surface area contributed by atoms with Crippen LogP contribution >= 0.6 is 45.9 Å². The van der Waals surface area contributed by atoms with Gasteiger partial charge in [0.15, 0.2) is 0 Å². The van der Waals surface area contributed by atoms with Crippen LogP contribution in [0.15, 0.2) is 48.5 Å². The summed E-state index contributed by atoms with van der Waals surface area (Å²) in [7, 11) is 0. The zero-order valence-electron chi connectivity index (χ0n) is 15.3. The molecule has 0 aliphatic rings. The molecule has 2 aromatic carbocycles. The van der Waals surface area contributed by atoms with Crippen molar-refractivity contribution in [3.8, 4) is 0 Å². The van der Waals surface area contributed by atoms with Gasteiger partial charge in [-0.15, -0.1) is 22.7 Å². The monoisotopic (exact) mass is 462 g/mol. The average molecular weight is 463 g/mol. The van der Waals surface area contributed by atoms with Crippen molar-refractivity contribution in [2.24, 2.45) is 0 Å². The van der Waals surface area contributed by atoms with Crippen molar-refractivity contribution in [2.75, 3.05) is 6.54 Å². The Morgan fingerprint density at radius 1 is 0.862 bits per heavy atom. The fourth-order valence-electron chi connectivity index (χ4n) is 2.99. The normalized spacial score (nSPS) is 12.2. The first kappa shape index (κ1) is 20.2. The Balaban J connectivity index is 1.40. The zero-order valence-corrected chi connectivity index (χ0v) is 18.4. The van der Waals surface area contributed by atoms with E-state index >= 15 is 0 Å². The molecule has 0 unspecified atom stereocenters. The number of halogens is 2. The third-order valence-corrected chi connectivity index (χ3v) is 7.78. The standard InChI is InChI=1S/C21H16Cl2N2O2S2/c1-11(25-21(27)19-17(23)13-7-3-5-9-15(13)29-19)10-24-20(26)18-16(22)12-6-2-4-8-14(12)28-18/h2-9,11H,10H2,1H3,(H,24,26)(H,25,27)/t11-/m1/s1. The van der Waals surface area contributed by atoms with Gasteiger partial charge >= 0.3 is 0 Å². The summed E-state index contributed by atoms with van der Waals surface area (Å²) in [6, 6.07) is 15.0. The predicted molar refractivity (Wildman–Crippen MR) is 123 cm³/mol. The van der Waals surface area contributed by atoms with E-state index < -0.39 is 0 Å². The molecule has 2 amide bonds. The molecule has 0 bridgehead atoms. The average Bonchev–Trinajstić information content (AvgIpc) is 3.24. The minimum Gasteiger partial charge on any atom is -0.349 e. The van der Waals surface area contributed by atoms with E-state index in [2.05, 4.69) is 10.6 Å². The summed E-state index contributed by atoms with van der Waals surface area (Å²) in [6.45, 7) is 2.10. The van der Waals surface area contributed by atoms with E-state index in [9.17, 15) is 9.59 Å². The van der Waals surface area contributed by atoms with Crippen molar-refractivity contribution < 1.29 is 9.59 Å². The lowest BCUT2D eigenvalue weighted by atomic mass is 10.2. The molecule has 2 N–H and O–H groups in total. The summed E-state index contributed by atoms with van der Waals surface area (Å²) < 4.78 is 1.92. The topological polar surface area (TPSA) is 58.2 Å². The van der Waals surface area contributed by atoms with E-state index in [1.54, 1.807) is 0 Å². The molecule has 0 saturated heterocycles. The highest BCUT2D eigenvalue weighted by molar-refractivity contribution is 7.22. The first-order valence-electron chi connectivity index (χ1n) is 8.89. The zero-order chi connectivity index (χ0) is 20.5. The Hall–Kier alpha value is -2.12. The van der Waals surface area contributed by atoms with Gasteiger partial charge in [-0.05, 0) is 19.1 Å². The van der Waals surface area contributed by atoms with E-state index in [1.165, 1.54) is 22.7 Å². The number of benzene rings is 2. The van der Waals surface area contributed by atoms with E-state index in [4.69, 9.17) is 23.2 Å². The number of carbonyl (C=O) groups is 2. The molecule has 0 spiro atoms. The second-order valence-corrected chi connectivity index (χ2v) is 9.43. The first-order valence-corrected chi connectivity index (χ1v) is 11.3. The van der Waals surface area contributed by atoms with Crippen molar-refractivity contribution in [3.63, 3.8) is 0 Å². The van der Waals surface area contributed by atoms with Gasteiger partial charge in [-0.25, -0.2) is 0 Å². The van der Waals surface area contributed by atoms with Crippen molar-refractivity contribution in [1.29, 1.82) is 0 Å². The Labute approximate surface area is 185 Å². The number of amides is 2. The van der Waals surface area contributed by atoms with Gasteiger partial charge < -0.3 is 10.6 Å². The molecule has 148 valence electrons. The van der Waals surface area contributed by atoms with Crippen LogP contribution in [-0.2, 0) is 0 Å². The number of hydrogen-bond donors (Lipinski definition) is 2. The van der Waals surface area contributed by atoms with Gasteiger partial charge in [0.1, 0.15) is 9.75 Å². The maximum atomic E-state index is 12.6. The van der Waals surface area contributed by atoms with Crippen molar-refractivity contribution in [3.05, 3.63) is 68.3 Å². The largest absolute Gasteiger partial charge is 0.349 e. The third kappa shape index (κ3) is 3.98. The Kier molecular flexibility index (Phi) is 5.79. The van der Waals surface area contributed by atoms with Crippen LogP contribution in [0.1, 0.15) is 26.3 Å². The molecule has 0 fully saturated rings. The molecule has 0 aliphatic carbocycles. The molecule has 4 rings (SSSR count). The summed E-state index contributed by atoms with van der Waals surface area (Å²) in [5.74, 6) is -0.505. The maximum absolute atomic E-state index is 12.6. The van der Waals surface area contributed by atoms with Crippen LogP contribution in [0.4, 0.5) is 0 Å². The molecule has 8 heteroatoms. The molecule has 1 atom stereocenters. The number of carbonyl (C=O) groups excluding carboxylic acids is 2. The van der Waals surface area contributed by atoms with E-state index in [1.807, 2.05) is 55.5 Å². The summed E-state index contributed by atoms with van der Waals surface area (Å²) in [5.41, 5.74) is 0. The molecular weight excluding hydrogens is 447 g/mol. The fourth-order valence-corrected chi connectivity index (χ4v) is 5.84. The summed E-state index contributed by atoms with van der Waals surface area (Å²) in [4.78, 5) is 26.1. The van der Waals surface area contributed by atoms with E-state index in [-0.39, 0.29) is 24.4 Å². The second-order valence-electron chi connectivity index (χ2n) is 6.57. The number of thiophene rings is 2. The number of fused-ring (bicyclic) bond motifs is 2. The second kappa shape index (κ2) is 8.32. The lowest BCUT2D eigenvalue weighted by molar-refractivity contribution is 0.0916. The van der Waals surface area contributed by atoms with Gasteiger partial charge in [-0.2, -0.15) is 0 Å². The molecule has 2 heterocycles. The quantitative estimate of drug-likeness (QED) is 0.383. The van der Waals surface area contributed by atoms with Gasteiger partial charge in [-0.3, -0.25) is 9.59 Å². The van der Waals surface area contributed by atoms with Gasteiger partial charge in [0, 0.05) is 32.8 Å². The van der Waals surface area contributed by atoms with E-state index in [0.717, 1.165) is 20.2 Å². The van der Waals surface area contributed by atoms with Crippen molar-refractivity contribution in [1.82, 2.24) is 10.6 Å². The Morgan fingerprint density at radius 2 is 1.34 bits per heavy atom. The van der Waals surface area contributed by atoms with Crippen LogP contribution in [0.2, 0.25) is 10.0 Å². The van der Waals surface area contributed by atoms with Crippen LogP contribution in [-0.4, -0.2) is 24.4 Å². The minimum atomic E-state index is -0.277. The molecular formula is C21H16Cl2N2O2S2. The summed E-state index contributed by atoms with van der Waals surface area (Å²) in [5, 5.41) is 8.37. The Morgan fingerprint density at radius 3 is 1.86 bits per heavy atom. The molecule has 4 aromatic rings. The maximum Gasteiger partial charge on any atom is 0.263 e. The van der Waals surface area contributed by atoms with Gasteiger partial charge in [-0.1, -0.05) is 59.6 Å². The minimum absolute atomic E-state index is 0.252. The van der Waals surface area contributed by atoms with Crippen LogP contribution in [0.3, 0.4) is 0 Å². The first-order chi connectivity index (χ1) is 14.0. The highest BCUT2D eigenvalue weighted by atomic mass is 35.5. The molecule has 0 radical (unpaired) electrons. The van der Waals surface area contributed by atoms with Gasteiger partial charge in [0.25, 0.3) is 11.8 Å². The van der Waals surface area contributed by atoms with Crippen molar-refractivity contribution >= 4 is 77.9 Å². The summed E-state index contributed by atoms with van der Waals surface area (Å²) in [6.07, 6.45) is 0. The molecule has 4 nitrogen and oxygen atoms in total. The fraction of sp³-hybridized carbons (Fsp3) is 0.143. The smallest absolute Gasteiger partial charge is 0.263 e. The van der Waals surface area contributed by atoms with E-state index in [0.29, 0.717) is 19.8 Å². The SMILES string of the molecule is C[C@H](CNC(=O)c1sc2ccccc2c1Cl)NC(=O)c1sc2ccccc2c1Cl. The highest BCUT2D eigenvalue weighted by Gasteiger charge is 2.20. The molecule has 2 aromatic heterocycles. The van der Waals surface area contributed by atoms with Crippen LogP contribution in [0.25, 0.3) is 20.2 Å². The van der Waals surface area contributed by atoms with Gasteiger partial charge in [0.05, 0.1) is 10.0 Å². The molecule has 0 saturated carbocycles. The lowest BCUT2D eigenvalue weighted by Crippen LogP contribution is -2.41. The Bertz CT molecular complexity index is 1230. The summed E-state index contributed by atoms with van der Waals surface area (Å²) >= 11 is 15.4.